The summed E-state index contributed by atoms with van der Waals surface area (Å²) in [6.45, 7) is 5.08. The van der Waals surface area contributed by atoms with Crippen molar-refractivity contribution in [3.63, 3.8) is 0 Å². The van der Waals surface area contributed by atoms with Crippen LogP contribution >= 0.6 is 11.6 Å². The van der Waals surface area contributed by atoms with Crippen LogP contribution in [0.5, 0.6) is 0 Å². The number of benzene rings is 1. The van der Waals surface area contributed by atoms with Crippen molar-refractivity contribution in [2.75, 3.05) is 10.6 Å². The third-order valence-electron chi connectivity index (χ3n) is 3.05. The lowest BCUT2D eigenvalue weighted by molar-refractivity contribution is -0.141. The molecule has 0 atom stereocenters. The first-order chi connectivity index (χ1) is 12.1. The molecule has 0 aliphatic carbocycles. The number of alkyl halides is 6. The standard InChI is InChI=1S/C16H15ClF6N4/c1-14(2,3)27-13-25-11(16(21,22)23)7-12(26-13)24-8-4-5-10(17)9(6-8)15(18,19)20/h4-7H,1-3H3,(H2,24,25,26,27). The monoisotopic (exact) mass is 412 g/mol. The molecule has 1 aromatic heterocycles. The first-order valence-corrected chi connectivity index (χ1v) is 7.91. The first-order valence-electron chi connectivity index (χ1n) is 7.53. The second-order valence-electron chi connectivity index (χ2n) is 6.65. The fourth-order valence-electron chi connectivity index (χ4n) is 2.02. The van der Waals surface area contributed by atoms with E-state index < -0.39 is 34.2 Å². The Labute approximate surface area is 156 Å². The number of nitrogens with zero attached hydrogens (tertiary/aromatic N) is 2. The number of rotatable bonds is 3. The van der Waals surface area contributed by atoms with Crippen molar-refractivity contribution in [3.8, 4) is 0 Å². The molecule has 0 unspecified atom stereocenters. The molecule has 1 aromatic carbocycles. The van der Waals surface area contributed by atoms with Gasteiger partial charge in [0, 0.05) is 17.3 Å². The van der Waals surface area contributed by atoms with E-state index in [0.717, 1.165) is 6.07 Å². The second kappa shape index (κ2) is 7.06. The lowest BCUT2D eigenvalue weighted by Gasteiger charge is -2.21. The van der Waals surface area contributed by atoms with Crippen molar-refractivity contribution >= 4 is 29.1 Å². The van der Waals surface area contributed by atoms with Crippen LogP contribution in [0.4, 0.5) is 43.8 Å². The molecule has 2 N–H and O–H groups in total. The third-order valence-corrected chi connectivity index (χ3v) is 3.38. The van der Waals surface area contributed by atoms with Crippen LogP contribution in [0.25, 0.3) is 0 Å². The van der Waals surface area contributed by atoms with Gasteiger partial charge in [-0.25, -0.2) is 4.98 Å². The first kappa shape index (κ1) is 21.1. The van der Waals surface area contributed by atoms with Gasteiger partial charge in [-0.1, -0.05) is 11.6 Å². The molecule has 11 heteroatoms. The van der Waals surface area contributed by atoms with Crippen LogP contribution in [0.2, 0.25) is 5.02 Å². The molecule has 0 aliphatic heterocycles. The lowest BCUT2D eigenvalue weighted by Crippen LogP contribution is -2.28. The van der Waals surface area contributed by atoms with Gasteiger partial charge in [0.15, 0.2) is 5.69 Å². The third kappa shape index (κ3) is 5.88. The molecule has 27 heavy (non-hydrogen) atoms. The van der Waals surface area contributed by atoms with Gasteiger partial charge in [-0.3, -0.25) is 0 Å². The van der Waals surface area contributed by atoms with Gasteiger partial charge in [-0.2, -0.15) is 31.3 Å². The minimum Gasteiger partial charge on any atom is -0.350 e. The van der Waals surface area contributed by atoms with E-state index >= 15 is 0 Å². The average molecular weight is 413 g/mol. The average Bonchev–Trinajstić information content (AvgIpc) is 2.45. The van der Waals surface area contributed by atoms with E-state index in [-0.39, 0.29) is 17.5 Å². The Morgan fingerprint density at radius 1 is 0.889 bits per heavy atom. The van der Waals surface area contributed by atoms with Crippen LogP contribution in [0.3, 0.4) is 0 Å². The molecule has 2 rings (SSSR count). The summed E-state index contributed by atoms with van der Waals surface area (Å²) in [6, 6.07) is 3.49. The van der Waals surface area contributed by atoms with Crippen molar-refractivity contribution in [1.29, 1.82) is 0 Å². The maximum atomic E-state index is 13.1. The smallest absolute Gasteiger partial charge is 0.350 e. The minimum atomic E-state index is -4.76. The Morgan fingerprint density at radius 3 is 2.04 bits per heavy atom. The van der Waals surface area contributed by atoms with Crippen molar-refractivity contribution in [2.45, 2.75) is 38.7 Å². The molecule has 0 fully saturated rings. The molecule has 0 aliphatic rings. The van der Waals surface area contributed by atoms with Crippen molar-refractivity contribution in [2.24, 2.45) is 0 Å². The molecule has 4 nitrogen and oxygen atoms in total. The molecule has 0 amide bonds. The molecular formula is C16H15ClF6N4. The summed E-state index contributed by atoms with van der Waals surface area (Å²) in [5.74, 6) is -0.635. The highest BCUT2D eigenvalue weighted by atomic mass is 35.5. The number of hydrogen-bond donors (Lipinski definition) is 2. The Bertz CT molecular complexity index is 827. The Kier molecular flexibility index (Phi) is 5.51. The fourth-order valence-corrected chi connectivity index (χ4v) is 2.24. The van der Waals surface area contributed by atoms with Gasteiger partial charge in [0.05, 0.1) is 10.6 Å². The lowest BCUT2D eigenvalue weighted by atomic mass is 10.1. The van der Waals surface area contributed by atoms with Crippen molar-refractivity contribution < 1.29 is 26.3 Å². The zero-order valence-electron chi connectivity index (χ0n) is 14.3. The molecule has 0 bridgehead atoms. The summed E-state index contributed by atoms with van der Waals surface area (Å²) < 4.78 is 78.1. The van der Waals surface area contributed by atoms with Gasteiger partial charge >= 0.3 is 12.4 Å². The van der Waals surface area contributed by atoms with E-state index in [1.165, 1.54) is 6.07 Å². The van der Waals surface area contributed by atoms with E-state index in [1.807, 2.05) is 0 Å². The predicted octanol–water partition coefficient (Wildman–Crippen LogP) is 6.12. The number of nitrogens with one attached hydrogen (secondary N) is 2. The zero-order valence-corrected chi connectivity index (χ0v) is 15.1. The van der Waals surface area contributed by atoms with Gasteiger partial charge in [0.1, 0.15) is 5.82 Å². The molecule has 1 heterocycles. The summed E-state index contributed by atoms with van der Waals surface area (Å²) in [5, 5.41) is 4.61. The van der Waals surface area contributed by atoms with Crippen LogP contribution in [0.1, 0.15) is 32.0 Å². The highest BCUT2D eigenvalue weighted by molar-refractivity contribution is 6.31. The molecule has 0 spiro atoms. The van der Waals surface area contributed by atoms with Crippen LogP contribution in [0.15, 0.2) is 24.3 Å². The summed E-state index contributed by atoms with van der Waals surface area (Å²) in [6.07, 6.45) is -9.47. The van der Waals surface area contributed by atoms with Crippen LogP contribution in [-0.2, 0) is 12.4 Å². The van der Waals surface area contributed by atoms with Crippen LogP contribution in [-0.4, -0.2) is 15.5 Å². The summed E-state index contributed by atoms with van der Waals surface area (Å²) >= 11 is 5.53. The van der Waals surface area contributed by atoms with E-state index in [0.29, 0.717) is 12.1 Å². The van der Waals surface area contributed by atoms with Gasteiger partial charge in [-0.05, 0) is 39.0 Å². The summed E-state index contributed by atoms with van der Waals surface area (Å²) in [5.41, 5.74) is -3.12. The molecule has 0 radical (unpaired) electrons. The van der Waals surface area contributed by atoms with E-state index in [9.17, 15) is 26.3 Å². The zero-order chi connectivity index (χ0) is 20.6. The molecule has 0 saturated carbocycles. The highest BCUT2D eigenvalue weighted by Gasteiger charge is 2.35. The molecule has 148 valence electrons. The summed E-state index contributed by atoms with van der Waals surface area (Å²) in [4.78, 5) is 7.31. The van der Waals surface area contributed by atoms with Crippen LogP contribution < -0.4 is 10.6 Å². The van der Waals surface area contributed by atoms with Gasteiger partial charge < -0.3 is 10.6 Å². The maximum absolute atomic E-state index is 13.1. The number of hydrogen-bond acceptors (Lipinski definition) is 4. The fraction of sp³-hybridized carbons (Fsp3) is 0.375. The normalized spacial score (nSPS) is 12.8. The molecule has 0 saturated heterocycles. The number of anilines is 3. The Balaban J connectivity index is 2.45. The highest BCUT2D eigenvalue weighted by Crippen LogP contribution is 2.37. The largest absolute Gasteiger partial charge is 0.433 e. The van der Waals surface area contributed by atoms with Crippen molar-refractivity contribution in [1.82, 2.24) is 9.97 Å². The van der Waals surface area contributed by atoms with Gasteiger partial charge in [0.2, 0.25) is 5.95 Å². The van der Waals surface area contributed by atoms with E-state index in [2.05, 4.69) is 20.6 Å². The number of halogens is 7. The summed E-state index contributed by atoms with van der Waals surface area (Å²) in [7, 11) is 0. The second-order valence-corrected chi connectivity index (χ2v) is 7.06. The maximum Gasteiger partial charge on any atom is 0.433 e. The van der Waals surface area contributed by atoms with Gasteiger partial charge in [0.25, 0.3) is 0 Å². The quantitative estimate of drug-likeness (QED) is 0.596. The van der Waals surface area contributed by atoms with Crippen molar-refractivity contribution in [3.05, 3.63) is 40.5 Å². The predicted molar refractivity (Wildman–Crippen MR) is 90.1 cm³/mol. The number of aromatic nitrogens is 2. The van der Waals surface area contributed by atoms with E-state index in [4.69, 9.17) is 11.6 Å². The van der Waals surface area contributed by atoms with E-state index in [1.54, 1.807) is 20.8 Å². The topological polar surface area (TPSA) is 49.8 Å². The van der Waals surface area contributed by atoms with Crippen LogP contribution in [0, 0.1) is 0 Å². The molecule has 2 aromatic rings. The minimum absolute atomic E-state index is 0.125. The SMILES string of the molecule is CC(C)(C)Nc1nc(Nc2ccc(Cl)c(C(F)(F)F)c2)cc(C(F)(F)F)n1. The Morgan fingerprint density at radius 2 is 1.52 bits per heavy atom. The Hall–Kier alpha value is -2.23. The molecular weight excluding hydrogens is 398 g/mol. The van der Waals surface area contributed by atoms with Gasteiger partial charge in [-0.15, -0.1) is 0 Å².